The maximum atomic E-state index is 5.27. The van der Waals surface area contributed by atoms with E-state index in [4.69, 9.17) is 11.5 Å². The van der Waals surface area contributed by atoms with Crippen LogP contribution in [0, 0.1) is 0 Å². The molecule has 4 N–H and O–H groups in total. The van der Waals surface area contributed by atoms with Crippen LogP contribution in [0.15, 0.2) is 39.4 Å². The van der Waals surface area contributed by atoms with E-state index < -0.39 is 0 Å². The molecule has 0 aliphatic carbocycles. The molecule has 4 nitrogen and oxygen atoms in total. The van der Waals surface area contributed by atoms with Gasteiger partial charge in [0, 0.05) is 4.90 Å². The Kier molecular flexibility index (Phi) is 10.2. The van der Waals surface area contributed by atoms with Crippen LogP contribution in [0.1, 0.15) is 64.4 Å². The van der Waals surface area contributed by atoms with Crippen LogP contribution in [0.3, 0.4) is 0 Å². The van der Waals surface area contributed by atoms with Crippen LogP contribution in [0.4, 0.5) is 0 Å². The van der Waals surface area contributed by atoms with E-state index in [1.807, 2.05) is 18.7 Å². The smallest absolute Gasteiger partial charge is 0.211 e. The number of hydrogen-bond acceptors (Lipinski definition) is 3. The third-order valence-electron chi connectivity index (χ3n) is 3.60. The van der Waals surface area contributed by atoms with Gasteiger partial charge in [0.25, 0.3) is 0 Å². The molecular weight excluding hydrogens is 304 g/mol. The van der Waals surface area contributed by atoms with Crippen LogP contribution in [-0.4, -0.2) is 17.4 Å². The summed E-state index contributed by atoms with van der Waals surface area (Å²) in [5.74, 6) is 1.17. The second-order valence-corrected chi connectivity index (χ2v) is 6.87. The zero-order valence-corrected chi connectivity index (χ0v) is 15.2. The molecule has 0 aliphatic rings. The Morgan fingerprint density at radius 2 is 1.52 bits per heavy atom. The summed E-state index contributed by atoms with van der Waals surface area (Å²) in [5, 5.41) is 7.66. The molecule has 0 spiro atoms. The molecule has 0 amide bonds. The summed E-state index contributed by atoms with van der Waals surface area (Å²) in [6.45, 7) is 4.16. The first kappa shape index (κ1) is 19.6. The highest BCUT2D eigenvalue weighted by Crippen LogP contribution is 2.21. The van der Waals surface area contributed by atoms with E-state index in [9.17, 15) is 0 Å². The van der Waals surface area contributed by atoms with Gasteiger partial charge in [0.2, 0.25) is 5.96 Å². The van der Waals surface area contributed by atoms with E-state index in [0.717, 1.165) is 11.3 Å². The Morgan fingerprint density at radius 1 is 0.913 bits per heavy atom. The Labute approximate surface area is 144 Å². The molecule has 0 heterocycles. The summed E-state index contributed by atoms with van der Waals surface area (Å²) < 4.78 is 0. The predicted octanol–water partition coefficient (Wildman–Crippen LogP) is 4.53. The Balaban J connectivity index is 2.26. The molecule has 0 bridgehead atoms. The van der Waals surface area contributed by atoms with Crippen molar-refractivity contribution in [2.24, 2.45) is 21.7 Å². The van der Waals surface area contributed by atoms with Crippen molar-refractivity contribution in [1.82, 2.24) is 0 Å². The van der Waals surface area contributed by atoms with Gasteiger partial charge in [0.1, 0.15) is 0 Å². The van der Waals surface area contributed by atoms with Gasteiger partial charge in [-0.2, -0.15) is 5.10 Å². The molecule has 5 heteroatoms. The van der Waals surface area contributed by atoms with Crippen LogP contribution >= 0.6 is 11.8 Å². The van der Waals surface area contributed by atoms with E-state index in [2.05, 4.69) is 41.4 Å². The lowest BCUT2D eigenvalue weighted by Crippen LogP contribution is -2.22. The van der Waals surface area contributed by atoms with Gasteiger partial charge < -0.3 is 11.5 Å². The Morgan fingerprint density at radius 3 is 2.13 bits per heavy atom. The van der Waals surface area contributed by atoms with Crippen molar-refractivity contribution in [1.29, 1.82) is 0 Å². The summed E-state index contributed by atoms with van der Waals surface area (Å²) in [4.78, 5) is 1.30. The van der Waals surface area contributed by atoms with Crippen molar-refractivity contribution in [2.45, 2.75) is 63.7 Å². The highest BCUT2D eigenvalue weighted by Gasteiger charge is 1.99. The first-order valence-corrected chi connectivity index (χ1v) is 9.48. The average molecular weight is 335 g/mol. The standard InChI is InChI=1S/C18H30N4S/c1-3-4-5-6-7-8-9-14-23-17-12-10-16(11-13-17)15(2)21-22-18(19)20/h10-13H,3-9,14H2,1-2H3,(H4,19,20,22). The van der Waals surface area contributed by atoms with Crippen LogP contribution in [-0.2, 0) is 0 Å². The summed E-state index contributed by atoms with van der Waals surface area (Å²) in [5.41, 5.74) is 12.4. The number of nitrogens with two attached hydrogens (primary N) is 2. The van der Waals surface area contributed by atoms with E-state index in [1.54, 1.807) is 0 Å². The molecule has 0 saturated carbocycles. The van der Waals surface area contributed by atoms with Crippen molar-refractivity contribution in [3.63, 3.8) is 0 Å². The van der Waals surface area contributed by atoms with Crippen molar-refractivity contribution < 1.29 is 0 Å². The largest absolute Gasteiger partial charge is 0.369 e. The topological polar surface area (TPSA) is 76.8 Å². The lowest BCUT2D eigenvalue weighted by Gasteiger charge is -2.04. The molecule has 0 saturated heterocycles. The zero-order chi connectivity index (χ0) is 16.9. The summed E-state index contributed by atoms with van der Waals surface area (Å²) in [6.07, 6.45) is 9.50. The Hall–Kier alpha value is -1.49. The van der Waals surface area contributed by atoms with Crippen molar-refractivity contribution in [3.05, 3.63) is 29.8 Å². The third kappa shape index (κ3) is 9.29. The number of benzene rings is 1. The molecule has 1 aromatic rings. The van der Waals surface area contributed by atoms with Crippen molar-refractivity contribution in [3.8, 4) is 0 Å². The van der Waals surface area contributed by atoms with E-state index in [-0.39, 0.29) is 5.96 Å². The fourth-order valence-electron chi connectivity index (χ4n) is 2.23. The van der Waals surface area contributed by atoms with Crippen LogP contribution in [0.2, 0.25) is 0 Å². The number of unbranched alkanes of at least 4 members (excludes halogenated alkanes) is 6. The number of hydrogen-bond donors (Lipinski definition) is 2. The molecule has 0 radical (unpaired) electrons. The van der Waals surface area contributed by atoms with Gasteiger partial charge in [-0.15, -0.1) is 16.9 Å². The molecule has 0 unspecified atom stereocenters. The molecular formula is C18H30N4S. The lowest BCUT2D eigenvalue weighted by atomic mass is 10.1. The highest BCUT2D eigenvalue weighted by molar-refractivity contribution is 7.99. The first-order chi connectivity index (χ1) is 11.1. The molecule has 0 atom stereocenters. The lowest BCUT2D eigenvalue weighted by molar-refractivity contribution is 0.603. The minimum absolute atomic E-state index is 0.0220. The van der Waals surface area contributed by atoms with Gasteiger partial charge in [-0.1, -0.05) is 57.6 Å². The minimum atomic E-state index is -0.0220. The first-order valence-electron chi connectivity index (χ1n) is 8.50. The van der Waals surface area contributed by atoms with Crippen molar-refractivity contribution in [2.75, 3.05) is 5.75 Å². The normalized spacial score (nSPS) is 11.5. The molecule has 0 aliphatic heterocycles. The van der Waals surface area contributed by atoms with Crippen molar-refractivity contribution >= 4 is 23.4 Å². The summed E-state index contributed by atoms with van der Waals surface area (Å²) in [7, 11) is 0. The number of rotatable bonds is 11. The fourth-order valence-corrected chi connectivity index (χ4v) is 3.14. The highest BCUT2D eigenvalue weighted by atomic mass is 32.2. The Bertz CT molecular complexity index is 490. The quantitative estimate of drug-likeness (QED) is 0.205. The number of thioether (sulfide) groups is 1. The van der Waals surface area contributed by atoms with E-state index >= 15 is 0 Å². The summed E-state index contributed by atoms with van der Waals surface area (Å²) >= 11 is 1.92. The maximum Gasteiger partial charge on any atom is 0.211 e. The van der Waals surface area contributed by atoms with E-state index in [0.29, 0.717) is 0 Å². The zero-order valence-electron chi connectivity index (χ0n) is 14.4. The average Bonchev–Trinajstić information content (AvgIpc) is 2.55. The van der Waals surface area contributed by atoms with E-state index in [1.165, 1.54) is 55.6 Å². The minimum Gasteiger partial charge on any atom is -0.369 e. The van der Waals surface area contributed by atoms with Gasteiger partial charge in [-0.25, -0.2) is 0 Å². The van der Waals surface area contributed by atoms with Gasteiger partial charge >= 0.3 is 0 Å². The van der Waals surface area contributed by atoms with Gasteiger partial charge in [-0.3, -0.25) is 0 Å². The number of nitrogens with zero attached hydrogens (tertiary/aromatic N) is 2. The monoisotopic (exact) mass is 334 g/mol. The summed E-state index contributed by atoms with van der Waals surface area (Å²) in [6, 6.07) is 8.40. The third-order valence-corrected chi connectivity index (χ3v) is 4.70. The van der Waals surface area contributed by atoms with Crippen LogP contribution in [0.5, 0.6) is 0 Å². The maximum absolute atomic E-state index is 5.27. The van der Waals surface area contributed by atoms with Gasteiger partial charge in [0.15, 0.2) is 0 Å². The molecule has 0 aromatic heterocycles. The molecule has 1 aromatic carbocycles. The second kappa shape index (κ2) is 12.0. The van der Waals surface area contributed by atoms with Crippen LogP contribution < -0.4 is 11.5 Å². The predicted molar refractivity (Wildman–Crippen MR) is 103 cm³/mol. The molecule has 1 rings (SSSR count). The van der Waals surface area contributed by atoms with Gasteiger partial charge in [0.05, 0.1) is 5.71 Å². The van der Waals surface area contributed by atoms with Gasteiger partial charge in [-0.05, 0) is 36.8 Å². The molecule has 23 heavy (non-hydrogen) atoms. The number of guanidine groups is 1. The molecule has 128 valence electrons. The SMILES string of the molecule is CCCCCCCCCSc1ccc(C(C)=NN=C(N)N)cc1. The second-order valence-electron chi connectivity index (χ2n) is 5.70. The molecule has 0 fully saturated rings. The fraction of sp³-hybridized carbons (Fsp3) is 0.556. The van der Waals surface area contributed by atoms with Crippen LogP contribution in [0.25, 0.3) is 0 Å².